The van der Waals surface area contributed by atoms with Crippen LogP contribution in [0.4, 0.5) is 0 Å². The predicted molar refractivity (Wildman–Crippen MR) is 122 cm³/mol. The van der Waals surface area contributed by atoms with E-state index in [2.05, 4.69) is 26.8 Å². The molecular weight excluding hydrogens is 388 g/mol. The van der Waals surface area contributed by atoms with E-state index in [1.165, 1.54) is 6.42 Å². The lowest BCUT2D eigenvalue weighted by Gasteiger charge is -2.58. The zero-order valence-electron chi connectivity index (χ0n) is 20.2. The summed E-state index contributed by atoms with van der Waals surface area (Å²) >= 11 is 0. The number of aliphatic hydroxyl groups excluding tert-OH is 3. The molecule has 176 valence electrons. The first-order valence-corrected chi connectivity index (χ1v) is 12.8. The first-order chi connectivity index (χ1) is 14.5. The van der Waals surface area contributed by atoms with E-state index < -0.39 is 6.10 Å². The highest BCUT2D eigenvalue weighted by Crippen LogP contribution is 2.66. The summed E-state index contributed by atoms with van der Waals surface area (Å²) in [6.45, 7) is 10.8. The van der Waals surface area contributed by atoms with Crippen molar-refractivity contribution in [2.45, 2.75) is 104 Å². The van der Waals surface area contributed by atoms with Crippen molar-refractivity contribution >= 4 is 5.78 Å². The molecule has 2 unspecified atom stereocenters. The molecule has 0 spiro atoms. The highest BCUT2D eigenvalue weighted by atomic mass is 16.3. The largest absolute Gasteiger partial charge is 0.393 e. The summed E-state index contributed by atoms with van der Waals surface area (Å²) in [7, 11) is 0. The molecule has 0 aromatic heterocycles. The van der Waals surface area contributed by atoms with Crippen LogP contribution in [0, 0.1) is 46.3 Å². The van der Waals surface area contributed by atoms with Crippen molar-refractivity contribution in [3.63, 3.8) is 0 Å². The van der Waals surface area contributed by atoms with Gasteiger partial charge in [0.05, 0.1) is 12.2 Å². The Morgan fingerprint density at radius 1 is 1.10 bits per heavy atom. The number of carbonyl (C=O) groups excluding carboxylic acids is 1. The number of rotatable bonds is 5. The van der Waals surface area contributed by atoms with E-state index in [-0.39, 0.29) is 46.6 Å². The average Bonchev–Trinajstić information content (AvgIpc) is 3.06. The molecule has 0 aromatic rings. The van der Waals surface area contributed by atoms with Gasteiger partial charge in [0.2, 0.25) is 0 Å². The number of fused-ring (bicyclic) bond motifs is 5. The van der Waals surface area contributed by atoms with Gasteiger partial charge in [-0.15, -0.1) is 0 Å². The van der Waals surface area contributed by atoms with Gasteiger partial charge in [-0.2, -0.15) is 0 Å². The molecule has 0 bridgehead atoms. The lowest BCUT2D eigenvalue weighted by molar-refractivity contribution is -0.130. The summed E-state index contributed by atoms with van der Waals surface area (Å²) in [4.78, 5) is 12.6. The molecule has 0 aliphatic heterocycles. The fourth-order valence-electron chi connectivity index (χ4n) is 8.48. The maximum Gasteiger partial charge on any atom is 0.161 e. The number of allylic oxidation sites excluding steroid dienone is 2. The Kier molecular flexibility index (Phi) is 6.24. The van der Waals surface area contributed by atoms with E-state index in [9.17, 15) is 20.1 Å². The van der Waals surface area contributed by atoms with E-state index in [0.29, 0.717) is 24.2 Å². The standard InChI is InChI=1S/C27H44O4/c1-15(2)25(31)24(30)12-16(3)19-6-7-20-18-14-23(29)22-13-17(28)8-10-27(22,5)21(18)9-11-26(19,20)4/h9,15-20,22-23,25,28-29,31H,6-8,10-14H2,1-5H3/t16-,17+,18+,19-,20+,22?,23+,25?,26-,27-/m1/s1. The third-order valence-electron chi connectivity index (χ3n) is 10.3. The molecule has 0 heterocycles. The summed E-state index contributed by atoms with van der Waals surface area (Å²) in [5, 5.41) is 31.6. The quantitative estimate of drug-likeness (QED) is 0.559. The SMILES string of the molecule is CC(C)C(O)C(=O)C[C@@H](C)[C@H]1CC[C@H]2[C@@H]3C[C@H](O)C4C[C@@H](O)CC[C@]4(C)C3=CC[C@]12C. The Balaban J connectivity index is 1.56. The predicted octanol–water partition coefficient (Wildman–Crippen LogP) is 4.51. The molecule has 0 saturated heterocycles. The maximum atomic E-state index is 12.6. The zero-order valence-corrected chi connectivity index (χ0v) is 20.2. The molecule has 0 amide bonds. The van der Waals surface area contributed by atoms with Crippen LogP contribution in [-0.4, -0.2) is 39.4 Å². The maximum absolute atomic E-state index is 12.6. The van der Waals surface area contributed by atoms with Crippen LogP contribution in [-0.2, 0) is 4.79 Å². The molecule has 4 nitrogen and oxygen atoms in total. The summed E-state index contributed by atoms with van der Waals surface area (Å²) in [5.74, 6) is 1.88. The second-order valence-corrected chi connectivity index (χ2v) is 12.4. The van der Waals surface area contributed by atoms with Crippen LogP contribution in [0.2, 0.25) is 0 Å². The Morgan fingerprint density at radius 2 is 1.81 bits per heavy atom. The van der Waals surface area contributed by atoms with E-state index in [4.69, 9.17) is 0 Å². The third-order valence-corrected chi connectivity index (χ3v) is 10.3. The summed E-state index contributed by atoms with van der Waals surface area (Å²) in [6, 6.07) is 0. The lowest BCUT2D eigenvalue weighted by atomic mass is 9.47. The molecule has 4 heteroatoms. The summed E-state index contributed by atoms with van der Waals surface area (Å²) < 4.78 is 0. The molecule has 4 aliphatic carbocycles. The van der Waals surface area contributed by atoms with Crippen LogP contribution in [0.15, 0.2) is 11.6 Å². The fourth-order valence-corrected chi connectivity index (χ4v) is 8.48. The van der Waals surface area contributed by atoms with Gasteiger partial charge in [0.25, 0.3) is 0 Å². The molecule has 4 aliphatic rings. The second kappa shape index (κ2) is 8.25. The van der Waals surface area contributed by atoms with Crippen LogP contribution in [0.5, 0.6) is 0 Å². The van der Waals surface area contributed by atoms with Crippen molar-refractivity contribution in [1.29, 1.82) is 0 Å². The molecule has 0 radical (unpaired) electrons. The normalized spacial score (nSPS) is 46.5. The van der Waals surface area contributed by atoms with Gasteiger partial charge >= 0.3 is 0 Å². The van der Waals surface area contributed by atoms with E-state index in [1.807, 2.05) is 13.8 Å². The van der Waals surface area contributed by atoms with Gasteiger partial charge in [-0.3, -0.25) is 4.79 Å². The van der Waals surface area contributed by atoms with Crippen LogP contribution < -0.4 is 0 Å². The molecule has 0 aromatic carbocycles. The van der Waals surface area contributed by atoms with E-state index >= 15 is 0 Å². The van der Waals surface area contributed by atoms with Gasteiger partial charge in [-0.05, 0) is 91.3 Å². The van der Waals surface area contributed by atoms with Crippen LogP contribution in [0.3, 0.4) is 0 Å². The molecule has 10 atom stereocenters. The number of hydrogen-bond acceptors (Lipinski definition) is 4. The van der Waals surface area contributed by atoms with Gasteiger partial charge in [-0.1, -0.05) is 46.3 Å². The van der Waals surface area contributed by atoms with Crippen LogP contribution in [0.1, 0.15) is 86.0 Å². The molecule has 3 N–H and O–H groups in total. The first-order valence-electron chi connectivity index (χ1n) is 12.8. The van der Waals surface area contributed by atoms with Crippen molar-refractivity contribution in [3.05, 3.63) is 11.6 Å². The zero-order chi connectivity index (χ0) is 22.7. The highest BCUT2D eigenvalue weighted by molar-refractivity contribution is 5.83. The monoisotopic (exact) mass is 432 g/mol. The summed E-state index contributed by atoms with van der Waals surface area (Å²) in [5.41, 5.74) is 1.74. The Labute approximate surface area is 188 Å². The fraction of sp³-hybridized carbons (Fsp3) is 0.889. The van der Waals surface area contributed by atoms with Gasteiger partial charge in [-0.25, -0.2) is 0 Å². The van der Waals surface area contributed by atoms with Gasteiger partial charge in [0.15, 0.2) is 5.78 Å². The first kappa shape index (κ1) is 23.4. The average molecular weight is 433 g/mol. The Hall–Kier alpha value is -0.710. The van der Waals surface area contributed by atoms with Crippen LogP contribution >= 0.6 is 0 Å². The van der Waals surface area contributed by atoms with E-state index in [0.717, 1.165) is 38.5 Å². The number of ketones is 1. The van der Waals surface area contributed by atoms with Crippen molar-refractivity contribution in [3.8, 4) is 0 Å². The number of hydrogen-bond donors (Lipinski definition) is 3. The molecular formula is C27H44O4. The Morgan fingerprint density at radius 3 is 2.48 bits per heavy atom. The van der Waals surface area contributed by atoms with Gasteiger partial charge in [0.1, 0.15) is 6.10 Å². The molecule has 3 saturated carbocycles. The van der Waals surface area contributed by atoms with Crippen molar-refractivity contribution in [1.82, 2.24) is 0 Å². The van der Waals surface area contributed by atoms with E-state index in [1.54, 1.807) is 5.57 Å². The second-order valence-electron chi connectivity index (χ2n) is 12.4. The van der Waals surface area contributed by atoms with Crippen molar-refractivity contribution < 1.29 is 20.1 Å². The minimum Gasteiger partial charge on any atom is -0.393 e. The lowest BCUT2D eigenvalue weighted by Crippen LogP contribution is -2.53. The number of aliphatic hydroxyl groups is 3. The summed E-state index contributed by atoms with van der Waals surface area (Å²) in [6.07, 6.45) is 8.26. The minimum atomic E-state index is -0.850. The minimum absolute atomic E-state index is 0.00852. The number of Topliss-reactive ketones (excluding diaryl/α,β-unsaturated/α-hetero) is 1. The topological polar surface area (TPSA) is 77.8 Å². The van der Waals surface area contributed by atoms with Crippen molar-refractivity contribution in [2.24, 2.45) is 46.3 Å². The van der Waals surface area contributed by atoms with Crippen LogP contribution in [0.25, 0.3) is 0 Å². The third kappa shape index (κ3) is 3.75. The molecule has 3 fully saturated rings. The van der Waals surface area contributed by atoms with Crippen molar-refractivity contribution in [2.75, 3.05) is 0 Å². The Bertz CT molecular complexity index is 729. The number of carbonyl (C=O) groups is 1. The van der Waals surface area contributed by atoms with Gasteiger partial charge < -0.3 is 15.3 Å². The molecule has 4 rings (SSSR count). The smallest absolute Gasteiger partial charge is 0.161 e. The molecule has 31 heavy (non-hydrogen) atoms. The highest BCUT2D eigenvalue weighted by Gasteiger charge is 2.59. The van der Waals surface area contributed by atoms with Gasteiger partial charge in [0, 0.05) is 6.42 Å².